The first-order chi connectivity index (χ1) is 11.4. The fraction of sp³-hybridized carbons (Fsp3) is 0.529. The van der Waals surface area contributed by atoms with Crippen LogP contribution in [-0.4, -0.2) is 49.1 Å². The molecule has 1 heterocycles. The molecule has 1 fully saturated rings. The van der Waals surface area contributed by atoms with E-state index in [1.807, 2.05) is 6.07 Å². The van der Waals surface area contributed by atoms with E-state index in [9.17, 15) is 18.0 Å². The zero-order chi connectivity index (χ0) is 17.3. The topological polar surface area (TPSA) is 91.8 Å². The van der Waals surface area contributed by atoms with Crippen molar-refractivity contribution in [1.82, 2.24) is 4.90 Å². The number of hydrogen-bond acceptors (Lipinski definition) is 4. The lowest BCUT2D eigenvalue weighted by Gasteiger charge is -2.15. The van der Waals surface area contributed by atoms with Crippen molar-refractivity contribution >= 4 is 21.7 Å². The molecule has 0 aromatic heterocycles. The number of aryl methyl sites for hydroxylation is 2. The van der Waals surface area contributed by atoms with Gasteiger partial charge in [0.15, 0.2) is 9.84 Å². The third-order valence-electron chi connectivity index (χ3n) is 4.90. The molecule has 1 N–H and O–H groups in total. The second kappa shape index (κ2) is 6.55. The highest BCUT2D eigenvalue weighted by Crippen LogP contribution is 2.25. The molecule has 0 spiro atoms. The molecular weight excluding hydrogens is 330 g/mol. The number of carboxylic acid groups (broad SMARTS) is 1. The van der Waals surface area contributed by atoms with Crippen molar-refractivity contribution in [3.05, 3.63) is 29.3 Å². The number of nitrogens with zero attached hydrogens (tertiary/aromatic N) is 1. The van der Waals surface area contributed by atoms with Gasteiger partial charge in [0.2, 0.25) is 5.91 Å². The SMILES string of the molecule is O=C(O)[C@H]1CCN(C(=O)CCS(=O)(=O)c2ccc3c(c2)CCC3)C1. The van der Waals surface area contributed by atoms with Crippen LogP contribution < -0.4 is 0 Å². The highest BCUT2D eigenvalue weighted by Gasteiger charge is 2.31. The van der Waals surface area contributed by atoms with E-state index in [0.717, 1.165) is 24.8 Å². The first kappa shape index (κ1) is 17.0. The van der Waals surface area contributed by atoms with Crippen LogP contribution in [-0.2, 0) is 32.3 Å². The summed E-state index contributed by atoms with van der Waals surface area (Å²) in [4.78, 5) is 24.8. The van der Waals surface area contributed by atoms with Gasteiger partial charge in [0.05, 0.1) is 16.6 Å². The van der Waals surface area contributed by atoms with Gasteiger partial charge >= 0.3 is 5.97 Å². The number of amides is 1. The van der Waals surface area contributed by atoms with Gasteiger partial charge in [-0.15, -0.1) is 0 Å². The summed E-state index contributed by atoms with van der Waals surface area (Å²) in [5, 5.41) is 8.96. The van der Waals surface area contributed by atoms with E-state index in [0.29, 0.717) is 13.0 Å². The summed E-state index contributed by atoms with van der Waals surface area (Å²) < 4.78 is 24.9. The second-order valence-corrected chi connectivity index (χ2v) is 8.63. The molecule has 1 aliphatic carbocycles. The number of carbonyl (C=O) groups is 2. The molecule has 1 aromatic carbocycles. The highest BCUT2D eigenvalue weighted by atomic mass is 32.2. The van der Waals surface area contributed by atoms with Crippen LogP contribution in [0.5, 0.6) is 0 Å². The Morgan fingerprint density at radius 1 is 1.21 bits per heavy atom. The molecule has 7 heteroatoms. The number of benzene rings is 1. The van der Waals surface area contributed by atoms with Crippen LogP contribution in [0.3, 0.4) is 0 Å². The van der Waals surface area contributed by atoms with Crippen LogP contribution >= 0.6 is 0 Å². The average molecular weight is 351 g/mol. The summed E-state index contributed by atoms with van der Waals surface area (Å²) >= 11 is 0. The van der Waals surface area contributed by atoms with Crippen LogP contribution in [0.15, 0.2) is 23.1 Å². The average Bonchev–Trinajstić information content (AvgIpc) is 3.20. The van der Waals surface area contributed by atoms with Gasteiger partial charge in [-0.25, -0.2) is 8.42 Å². The molecule has 24 heavy (non-hydrogen) atoms. The maximum Gasteiger partial charge on any atom is 0.308 e. The van der Waals surface area contributed by atoms with Gasteiger partial charge in [0.25, 0.3) is 0 Å². The first-order valence-electron chi connectivity index (χ1n) is 8.22. The zero-order valence-electron chi connectivity index (χ0n) is 13.4. The summed E-state index contributed by atoms with van der Waals surface area (Å²) in [5.41, 5.74) is 2.30. The van der Waals surface area contributed by atoms with Crippen LogP contribution in [0.4, 0.5) is 0 Å². The van der Waals surface area contributed by atoms with Crippen molar-refractivity contribution < 1.29 is 23.1 Å². The number of sulfone groups is 1. The van der Waals surface area contributed by atoms with Crippen molar-refractivity contribution in [3.8, 4) is 0 Å². The predicted molar refractivity (Wildman–Crippen MR) is 87.5 cm³/mol. The Labute approximate surface area is 141 Å². The van der Waals surface area contributed by atoms with Crippen LogP contribution in [0.2, 0.25) is 0 Å². The third kappa shape index (κ3) is 3.45. The van der Waals surface area contributed by atoms with Crippen molar-refractivity contribution in [1.29, 1.82) is 0 Å². The Morgan fingerprint density at radius 3 is 2.67 bits per heavy atom. The lowest BCUT2D eigenvalue weighted by molar-refractivity contribution is -0.141. The minimum Gasteiger partial charge on any atom is -0.481 e. The van der Waals surface area contributed by atoms with Crippen molar-refractivity contribution in [2.75, 3.05) is 18.8 Å². The van der Waals surface area contributed by atoms with Gasteiger partial charge in [-0.1, -0.05) is 6.07 Å². The molecular formula is C17H21NO5S. The Hall–Kier alpha value is -1.89. The Balaban J connectivity index is 1.61. The number of fused-ring (bicyclic) bond motifs is 1. The van der Waals surface area contributed by atoms with Crippen LogP contribution in [0.1, 0.15) is 30.4 Å². The molecule has 130 valence electrons. The van der Waals surface area contributed by atoms with E-state index in [1.165, 1.54) is 10.5 Å². The summed E-state index contributed by atoms with van der Waals surface area (Å²) in [7, 11) is -3.50. The molecule has 3 rings (SSSR count). The Morgan fingerprint density at radius 2 is 1.96 bits per heavy atom. The smallest absolute Gasteiger partial charge is 0.308 e. The summed E-state index contributed by atoms with van der Waals surface area (Å²) in [6.45, 7) is 0.557. The molecule has 0 saturated carbocycles. The quantitative estimate of drug-likeness (QED) is 0.862. The molecule has 0 unspecified atom stereocenters. The van der Waals surface area contributed by atoms with Gasteiger partial charge in [0.1, 0.15) is 0 Å². The molecule has 1 amide bonds. The predicted octanol–water partition coefficient (Wildman–Crippen LogP) is 1.27. The molecule has 2 aliphatic rings. The molecule has 0 radical (unpaired) electrons. The number of likely N-dealkylation sites (tertiary alicyclic amines) is 1. The van der Waals surface area contributed by atoms with E-state index in [1.54, 1.807) is 12.1 Å². The fourth-order valence-corrected chi connectivity index (χ4v) is 4.70. The number of hydrogen-bond donors (Lipinski definition) is 1. The van der Waals surface area contributed by atoms with Gasteiger partial charge in [-0.3, -0.25) is 9.59 Å². The molecule has 1 saturated heterocycles. The van der Waals surface area contributed by atoms with Crippen LogP contribution in [0.25, 0.3) is 0 Å². The van der Waals surface area contributed by atoms with E-state index < -0.39 is 21.7 Å². The lowest BCUT2D eigenvalue weighted by Crippen LogP contribution is -2.31. The fourth-order valence-electron chi connectivity index (χ4n) is 3.43. The number of carbonyl (C=O) groups excluding carboxylic acids is 1. The van der Waals surface area contributed by atoms with E-state index >= 15 is 0 Å². The monoisotopic (exact) mass is 351 g/mol. The molecule has 1 aromatic rings. The minimum absolute atomic E-state index is 0.105. The van der Waals surface area contributed by atoms with Gasteiger partial charge in [0, 0.05) is 19.5 Å². The van der Waals surface area contributed by atoms with E-state index in [-0.39, 0.29) is 29.5 Å². The normalized spacial score (nSPS) is 20.2. The number of carboxylic acids is 1. The van der Waals surface area contributed by atoms with E-state index in [2.05, 4.69) is 0 Å². The van der Waals surface area contributed by atoms with Gasteiger partial charge in [-0.05, 0) is 48.9 Å². The highest BCUT2D eigenvalue weighted by molar-refractivity contribution is 7.91. The summed E-state index contributed by atoms with van der Waals surface area (Å²) in [6, 6.07) is 5.23. The van der Waals surface area contributed by atoms with Crippen LogP contribution in [0, 0.1) is 5.92 Å². The molecule has 1 atom stereocenters. The largest absolute Gasteiger partial charge is 0.481 e. The number of rotatable bonds is 5. The zero-order valence-corrected chi connectivity index (χ0v) is 14.2. The van der Waals surface area contributed by atoms with Crippen molar-refractivity contribution in [2.45, 2.75) is 37.0 Å². The third-order valence-corrected chi connectivity index (χ3v) is 6.62. The Kier molecular flexibility index (Phi) is 4.62. The molecule has 1 aliphatic heterocycles. The lowest BCUT2D eigenvalue weighted by atomic mass is 10.1. The minimum atomic E-state index is -3.50. The van der Waals surface area contributed by atoms with Gasteiger partial charge in [-0.2, -0.15) is 0 Å². The Bertz CT molecular complexity index is 771. The second-order valence-electron chi connectivity index (χ2n) is 6.52. The van der Waals surface area contributed by atoms with Gasteiger partial charge < -0.3 is 10.0 Å². The number of aliphatic carboxylic acids is 1. The maximum atomic E-state index is 12.5. The summed E-state index contributed by atoms with van der Waals surface area (Å²) in [6.07, 6.45) is 3.28. The summed E-state index contributed by atoms with van der Waals surface area (Å²) in [5.74, 6) is -1.97. The standard InChI is InChI=1S/C17H21NO5S/c19-16(18-8-6-14(11-18)17(20)21)7-9-24(22,23)15-5-4-12-2-1-3-13(12)10-15/h4-5,10,14H,1-3,6-9,11H2,(H,20,21)/t14-/m0/s1. The van der Waals surface area contributed by atoms with Crippen molar-refractivity contribution in [3.63, 3.8) is 0 Å². The molecule has 0 bridgehead atoms. The first-order valence-corrected chi connectivity index (χ1v) is 9.87. The van der Waals surface area contributed by atoms with E-state index in [4.69, 9.17) is 5.11 Å². The molecule has 6 nitrogen and oxygen atoms in total. The maximum absolute atomic E-state index is 12.5. The van der Waals surface area contributed by atoms with Crippen molar-refractivity contribution in [2.24, 2.45) is 5.92 Å².